The second kappa shape index (κ2) is 10.7. The Morgan fingerprint density at radius 3 is 2.08 bits per heavy atom. The number of esters is 1. The molecule has 1 saturated heterocycles. The summed E-state index contributed by atoms with van der Waals surface area (Å²) in [4.78, 5) is 28.0. The first-order chi connectivity index (χ1) is 16.9. The first-order valence-corrected chi connectivity index (χ1v) is 12.9. The van der Waals surface area contributed by atoms with Crippen LogP contribution in [0.15, 0.2) is 47.4 Å². The number of carbonyl (C=O) groups excluding carboxylic acids is 2. The van der Waals surface area contributed by atoms with Crippen LogP contribution in [-0.4, -0.2) is 78.2 Å². The summed E-state index contributed by atoms with van der Waals surface area (Å²) in [6, 6.07) is 11.5. The quantitative estimate of drug-likeness (QED) is 0.490. The van der Waals surface area contributed by atoms with Crippen LogP contribution in [0.2, 0.25) is 0 Å². The Morgan fingerprint density at radius 2 is 1.56 bits per heavy atom. The summed E-state index contributed by atoms with van der Waals surface area (Å²) in [5.74, 6) is 0.363. The van der Waals surface area contributed by atoms with Crippen molar-refractivity contribution in [2.75, 3.05) is 56.7 Å². The predicted octanol–water partition coefficient (Wildman–Crippen LogP) is 2.52. The monoisotopic (exact) mass is 519 g/mol. The van der Waals surface area contributed by atoms with Gasteiger partial charge in [-0.1, -0.05) is 0 Å². The number of methoxy groups -OCH3 is 2. The molecule has 36 heavy (non-hydrogen) atoms. The van der Waals surface area contributed by atoms with Gasteiger partial charge < -0.3 is 24.0 Å². The minimum Gasteiger partial charge on any atom is -0.497 e. The number of nitrogens with zero attached hydrogens (tertiary/aromatic N) is 3. The van der Waals surface area contributed by atoms with E-state index in [1.807, 2.05) is 4.90 Å². The number of ether oxygens (including phenoxy) is 3. The predicted molar refractivity (Wildman–Crippen MR) is 136 cm³/mol. The van der Waals surface area contributed by atoms with E-state index in [-0.39, 0.29) is 10.8 Å². The van der Waals surface area contributed by atoms with Gasteiger partial charge in [-0.3, -0.25) is 13.9 Å². The van der Waals surface area contributed by atoms with Gasteiger partial charge in [-0.05, 0) is 56.3 Å². The van der Waals surface area contributed by atoms with Gasteiger partial charge in [0.2, 0.25) is 0 Å². The number of piperazine rings is 1. The molecule has 0 radical (unpaired) electrons. The molecule has 10 nitrogen and oxygen atoms in total. The van der Waals surface area contributed by atoms with Crippen LogP contribution in [0.25, 0.3) is 0 Å². The molecule has 3 rings (SSSR count). The zero-order valence-electron chi connectivity index (χ0n) is 21.5. The van der Waals surface area contributed by atoms with Gasteiger partial charge in [0.05, 0.1) is 30.5 Å². The molecular formula is C25H33N3O7S. The molecule has 0 saturated carbocycles. The smallest absolute Gasteiger partial charge is 0.303 e. The van der Waals surface area contributed by atoms with Gasteiger partial charge in [-0.15, -0.1) is 0 Å². The highest BCUT2D eigenvalue weighted by atomic mass is 32.2. The van der Waals surface area contributed by atoms with Gasteiger partial charge in [-0.25, -0.2) is 8.42 Å². The fourth-order valence-corrected chi connectivity index (χ4v) is 5.32. The van der Waals surface area contributed by atoms with Crippen molar-refractivity contribution in [1.29, 1.82) is 0 Å². The molecule has 0 atom stereocenters. The van der Waals surface area contributed by atoms with Crippen molar-refractivity contribution in [3.8, 4) is 11.5 Å². The molecule has 11 heteroatoms. The average molecular weight is 520 g/mol. The Morgan fingerprint density at radius 1 is 0.944 bits per heavy atom. The standard InChI is InChI=1S/C25H33N3O7S/c1-18(29)35-25(2,3)24(30)28-15-13-27(14-16-28)22-17-21(11-12-23(22)34-6)36(31,32)26(4)19-7-9-20(33-5)10-8-19/h7-12,17H,13-16H2,1-6H3. The first-order valence-electron chi connectivity index (χ1n) is 11.5. The van der Waals surface area contributed by atoms with Gasteiger partial charge >= 0.3 is 5.97 Å². The Bertz CT molecular complexity index is 1200. The largest absolute Gasteiger partial charge is 0.497 e. The van der Waals surface area contributed by atoms with Crippen molar-refractivity contribution in [2.45, 2.75) is 31.3 Å². The van der Waals surface area contributed by atoms with Gasteiger partial charge in [-0.2, -0.15) is 0 Å². The van der Waals surface area contributed by atoms with E-state index < -0.39 is 21.6 Å². The number of rotatable bonds is 8. The molecule has 1 aliphatic rings. The Balaban J connectivity index is 1.81. The summed E-state index contributed by atoms with van der Waals surface area (Å²) >= 11 is 0. The Kier molecular flexibility index (Phi) is 8.02. The second-order valence-corrected chi connectivity index (χ2v) is 10.9. The van der Waals surface area contributed by atoms with Crippen LogP contribution >= 0.6 is 0 Å². The average Bonchev–Trinajstić information content (AvgIpc) is 2.86. The van der Waals surface area contributed by atoms with Crippen LogP contribution < -0.4 is 18.7 Å². The summed E-state index contributed by atoms with van der Waals surface area (Å²) in [5.41, 5.74) is -0.144. The van der Waals surface area contributed by atoms with Gasteiger partial charge in [0.25, 0.3) is 15.9 Å². The van der Waals surface area contributed by atoms with E-state index in [0.717, 1.165) is 0 Å². The summed E-state index contributed by atoms with van der Waals surface area (Å²) in [6.07, 6.45) is 0. The molecule has 2 aromatic rings. The number of benzene rings is 2. The van der Waals surface area contributed by atoms with E-state index >= 15 is 0 Å². The SMILES string of the molecule is COc1ccc(N(C)S(=O)(=O)c2ccc(OC)c(N3CCN(C(=O)C(C)(C)OC(C)=O)CC3)c2)cc1. The minimum atomic E-state index is -3.86. The number of sulfonamides is 1. The highest BCUT2D eigenvalue weighted by molar-refractivity contribution is 7.92. The molecule has 0 aliphatic carbocycles. The van der Waals surface area contributed by atoms with Crippen LogP contribution in [0.3, 0.4) is 0 Å². The highest BCUT2D eigenvalue weighted by Gasteiger charge is 2.37. The highest BCUT2D eigenvalue weighted by Crippen LogP contribution is 2.34. The minimum absolute atomic E-state index is 0.117. The molecule has 1 amide bonds. The number of hydrogen-bond donors (Lipinski definition) is 0. The third-order valence-corrected chi connectivity index (χ3v) is 7.85. The number of carbonyl (C=O) groups is 2. The summed E-state index contributed by atoms with van der Waals surface area (Å²) < 4.78 is 43.9. The zero-order chi connectivity index (χ0) is 26.7. The normalized spacial score (nSPS) is 14.3. The molecule has 0 spiro atoms. The van der Waals surface area contributed by atoms with Crippen molar-refractivity contribution < 1.29 is 32.2 Å². The van der Waals surface area contributed by atoms with Crippen molar-refractivity contribution in [1.82, 2.24) is 4.90 Å². The molecule has 1 aliphatic heterocycles. The van der Waals surface area contributed by atoms with Crippen molar-refractivity contribution >= 4 is 33.3 Å². The van der Waals surface area contributed by atoms with E-state index in [4.69, 9.17) is 14.2 Å². The summed E-state index contributed by atoms with van der Waals surface area (Å²) in [7, 11) is 0.713. The van der Waals surface area contributed by atoms with E-state index in [1.54, 1.807) is 62.3 Å². The maximum absolute atomic E-state index is 13.4. The maximum Gasteiger partial charge on any atom is 0.303 e. The fraction of sp³-hybridized carbons (Fsp3) is 0.440. The fourth-order valence-electron chi connectivity index (χ4n) is 4.10. The van der Waals surface area contributed by atoms with Crippen LogP contribution in [0.5, 0.6) is 11.5 Å². The van der Waals surface area contributed by atoms with Crippen molar-refractivity contribution in [2.24, 2.45) is 0 Å². The lowest BCUT2D eigenvalue weighted by Crippen LogP contribution is -2.55. The molecule has 0 N–H and O–H groups in total. The molecule has 0 unspecified atom stereocenters. The van der Waals surface area contributed by atoms with Gasteiger partial charge in [0, 0.05) is 40.2 Å². The van der Waals surface area contributed by atoms with Crippen molar-refractivity contribution in [3.05, 3.63) is 42.5 Å². The van der Waals surface area contributed by atoms with Crippen LogP contribution in [-0.2, 0) is 24.3 Å². The molecule has 0 aromatic heterocycles. The lowest BCUT2D eigenvalue weighted by atomic mass is 10.1. The van der Waals surface area contributed by atoms with E-state index in [0.29, 0.717) is 49.1 Å². The van der Waals surface area contributed by atoms with Crippen LogP contribution in [0.1, 0.15) is 20.8 Å². The van der Waals surface area contributed by atoms with E-state index in [2.05, 4.69) is 0 Å². The molecule has 0 bridgehead atoms. The first kappa shape index (κ1) is 27.1. The van der Waals surface area contributed by atoms with Crippen LogP contribution in [0.4, 0.5) is 11.4 Å². The second-order valence-electron chi connectivity index (χ2n) is 8.89. The maximum atomic E-state index is 13.4. The summed E-state index contributed by atoms with van der Waals surface area (Å²) in [5, 5.41) is 0. The summed E-state index contributed by atoms with van der Waals surface area (Å²) in [6.45, 7) is 6.09. The topological polar surface area (TPSA) is 106 Å². The van der Waals surface area contributed by atoms with Gasteiger partial charge in [0.1, 0.15) is 11.5 Å². The molecule has 1 fully saturated rings. The molecular weight excluding hydrogens is 486 g/mol. The lowest BCUT2D eigenvalue weighted by molar-refractivity contribution is -0.168. The number of hydrogen-bond acceptors (Lipinski definition) is 8. The number of amides is 1. The molecule has 196 valence electrons. The van der Waals surface area contributed by atoms with Crippen molar-refractivity contribution in [3.63, 3.8) is 0 Å². The molecule has 1 heterocycles. The van der Waals surface area contributed by atoms with Crippen LogP contribution in [0, 0.1) is 0 Å². The molecule has 2 aromatic carbocycles. The third-order valence-electron chi connectivity index (χ3n) is 6.07. The van der Waals surface area contributed by atoms with Gasteiger partial charge in [0.15, 0.2) is 5.60 Å². The third kappa shape index (κ3) is 5.67. The van der Waals surface area contributed by atoms with E-state index in [1.165, 1.54) is 31.5 Å². The Hall–Kier alpha value is -3.47. The van der Waals surface area contributed by atoms with E-state index in [9.17, 15) is 18.0 Å². The Labute approximate surface area is 212 Å². The lowest BCUT2D eigenvalue weighted by Gasteiger charge is -2.39. The zero-order valence-corrected chi connectivity index (χ0v) is 22.3. The number of anilines is 2.